The summed E-state index contributed by atoms with van der Waals surface area (Å²) in [7, 11) is 0. The number of carbonyl (C=O) groups excluding carboxylic acids is 2. The molecule has 0 fully saturated rings. The van der Waals surface area contributed by atoms with Gasteiger partial charge in [-0.3, -0.25) is 4.79 Å². The van der Waals surface area contributed by atoms with Crippen LogP contribution in [-0.4, -0.2) is 28.7 Å². The first-order valence-corrected chi connectivity index (χ1v) is 10.7. The fraction of sp³-hybridized carbons (Fsp3) is 0.217. The van der Waals surface area contributed by atoms with Crippen molar-refractivity contribution < 1.29 is 24.5 Å². The Labute approximate surface area is 189 Å². The van der Waals surface area contributed by atoms with E-state index >= 15 is 0 Å². The number of amides is 1. The van der Waals surface area contributed by atoms with Crippen LogP contribution in [0.3, 0.4) is 0 Å². The molecule has 3 N–H and O–H groups in total. The van der Waals surface area contributed by atoms with Gasteiger partial charge in [-0.1, -0.05) is 17.7 Å². The van der Waals surface area contributed by atoms with Crippen LogP contribution in [0.25, 0.3) is 0 Å². The molecule has 0 saturated heterocycles. The van der Waals surface area contributed by atoms with Crippen molar-refractivity contribution in [1.82, 2.24) is 0 Å². The predicted octanol–water partition coefficient (Wildman–Crippen LogP) is 5.93. The number of phenolic OH excluding ortho intramolecular Hbond substituents is 2. The van der Waals surface area contributed by atoms with Crippen LogP contribution in [0, 0.1) is 20.8 Å². The number of esters is 1. The predicted molar refractivity (Wildman–Crippen MR) is 123 cm³/mol. The van der Waals surface area contributed by atoms with E-state index in [0.29, 0.717) is 10.6 Å². The van der Waals surface area contributed by atoms with Crippen LogP contribution in [0.4, 0.5) is 16.4 Å². The first kappa shape index (κ1) is 23.0. The number of thiophene rings is 1. The van der Waals surface area contributed by atoms with Crippen LogP contribution in [0.2, 0.25) is 0 Å². The first-order chi connectivity index (χ1) is 15.2. The number of hydrogen-bond acceptors (Lipinski definition) is 8. The second kappa shape index (κ2) is 9.61. The van der Waals surface area contributed by atoms with E-state index in [1.54, 1.807) is 13.8 Å². The van der Waals surface area contributed by atoms with E-state index in [4.69, 9.17) is 4.74 Å². The van der Waals surface area contributed by atoms with Crippen molar-refractivity contribution >= 4 is 39.6 Å². The SMILES string of the molecule is CCOC(=O)c1c(N=Nc2ccc(O)cc2O)sc(C)c1C(=O)Nc1ccc(C)cc1C. The molecule has 0 aliphatic carbocycles. The van der Waals surface area contributed by atoms with Crippen LogP contribution in [0.15, 0.2) is 46.6 Å². The number of ether oxygens (including phenoxy) is 1. The summed E-state index contributed by atoms with van der Waals surface area (Å²) in [5, 5.41) is 30.4. The minimum Gasteiger partial charge on any atom is -0.508 e. The Hall–Kier alpha value is -3.72. The summed E-state index contributed by atoms with van der Waals surface area (Å²) >= 11 is 1.12. The normalized spacial score (nSPS) is 11.0. The summed E-state index contributed by atoms with van der Waals surface area (Å²) in [5.41, 5.74) is 2.88. The summed E-state index contributed by atoms with van der Waals surface area (Å²) in [6.07, 6.45) is 0. The fourth-order valence-corrected chi connectivity index (χ4v) is 4.06. The molecule has 166 valence electrons. The van der Waals surface area contributed by atoms with Gasteiger partial charge >= 0.3 is 5.97 Å². The van der Waals surface area contributed by atoms with Crippen LogP contribution >= 0.6 is 11.3 Å². The summed E-state index contributed by atoms with van der Waals surface area (Å²) in [6.45, 7) is 7.35. The molecule has 0 bridgehead atoms. The van der Waals surface area contributed by atoms with E-state index in [-0.39, 0.29) is 39.9 Å². The lowest BCUT2D eigenvalue weighted by Gasteiger charge is -2.10. The molecule has 1 aromatic heterocycles. The van der Waals surface area contributed by atoms with Crippen LogP contribution in [-0.2, 0) is 4.74 Å². The van der Waals surface area contributed by atoms with Gasteiger partial charge in [0.15, 0.2) is 5.00 Å². The molecule has 2 aromatic carbocycles. The molecule has 1 amide bonds. The summed E-state index contributed by atoms with van der Waals surface area (Å²) < 4.78 is 5.16. The average molecular weight is 454 g/mol. The Morgan fingerprint density at radius 1 is 1.03 bits per heavy atom. The largest absolute Gasteiger partial charge is 0.508 e. The number of azo groups is 1. The number of nitrogens with one attached hydrogen (secondary N) is 1. The Morgan fingerprint density at radius 2 is 1.78 bits per heavy atom. The summed E-state index contributed by atoms with van der Waals surface area (Å²) in [5.74, 6) is -1.53. The zero-order valence-corrected chi connectivity index (χ0v) is 18.9. The van der Waals surface area contributed by atoms with Crippen molar-refractivity contribution in [2.45, 2.75) is 27.7 Å². The molecule has 0 aliphatic heterocycles. The van der Waals surface area contributed by atoms with Gasteiger partial charge in [0.05, 0.1) is 12.2 Å². The number of rotatable bonds is 6. The zero-order valence-electron chi connectivity index (χ0n) is 18.1. The minimum atomic E-state index is -0.688. The van der Waals surface area contributed by atoms with Crippen molar-refractivity contribution in [3.63, 3.8) is 0 Å². The van der Waals surface area contributed by atoms with Crippen LogP contribution in [0.1, 0.15) is 43.6 Å². The number of benzene rings is 2. The average Bonchev–Trinajstić information content (AvgIpc) is 3.06. The summed E-state index contributed by atoms with van der Waals surface area (Å²) in [6, 6.07) is 9.51. The van der Waals surface area contributed by atoms with Gasteiger partial charge in [-0.15, -0.1) is 21.6 Å². The lowest BCUT2D eigenvalue weighted by atomic mass is 10.1. The van der Waals surface area contributed by atoms with E-state index in [0.717, 1.165) is 28.5 Å². The maximum atomic E-state index is 13.1. The van der Waals surface area contributed by atoms with Gasteiger partial charge in [-0.2, -0.15) is 0 Å². The van der Waals surface area contributed by atoms with Crippen molar-refractivity contribution in [2.24, 2.45) is 10.2 Å². The molecule has 0 radical (unpaired) electrons. The smallest absolute Gasteiger partial charge is 0.342 e. The molecule has 32 heavy (non-hydrogen) atoms. The molecule has 3 rings (SSSR count). The zero-order chi connectivity index (χ0) is 23.4. The Bertz CT molecular complexity index is 1220. The highest BCUT2D eigenvalue weighted by Gasteiger charge is 2.28. The maximum Gasteiger partial charge on any atom is 0.342 e. The number of hydrogen-bond donors (Lipinski definition) is 3. The number of aryl methyl sites for hydroxylation is 3. The molecule has 0 saturated carbocycles. The van der Waals surface area contributed by atoms with Gasteiger partial charge in [-0.05, 0) is 51.5 Å². The van der Waals surface area contributed by atoms with E-state index in [1.807, 2.05) is 32.0 Å². The quantitative estimate of drug-likeness (QED) is 0.316. The molecule has 8 nitrogen and oxygen atoms in total. The van der Waals surface area contributed by atoms with E-state index in [2.05, 4.69) is 15.5 Å². The van der Waals surface area contributed by atoms with Gasteiger partial charge in [0.2, 0.25) is 0 Å². The second-order valence-electron chi connectivity index (χ2n) is 7.08. The number of aromatic hydroxyl groups is 2. The third-order valence-corrected chi connectivity index (χ3v) is 5.60. The van der Waals surface area contributed by atoms with Crippen LogP contribution in [0.5, 0.6) is 11.5 Å². The van der Waals surface area contributed by atoms with Gasteiger partial charge in [-0.25, -0.2) is 4.79 Å². The Morgan fingerprint density at radius 3 is 2.44 bits per heavy atom. The third-order valence-electron chi connectivity index (χ3n) is 4.61. The minimum absolute atomic E-state index is 0.0126. The van der Waals surface area contributed by atoms with E-state index < -0.39 is 11.9 Å². The highest BCUT2D eigenvalue weighted by molar-refractivity contribution is 7.16. The lowest BCUT2D eigenvalue weighted by Crippen LogP contribution is -2.17. The molecule has 0 atom stereocenters. The Kier molecular flexibility index (Phi) is 6.89. The highest BCUT2D eigenvalue weighted by atomic mass is 32.1. The number of nitrogens with zero attached hydrogens (tertiary/aromatic N) is 2. The molecule has 3 aromatic rings. The maximum absolute atomic E-state index is 13.1. The number of carbonyl (C=O) groups is 2. The van der Waals surface area contributed by atoms with Crippen molar-refractivity contribution in [1.29, 1.82) is 0 Å². The summed E-state index contributed by atoms with van der Waals surface area (Å²) in [4.78, 5) is 26.4. The van der Waals surface area contributed by atoms with E-state index in [1.165, 1.54) is 12.1 Å². The molecule has 9 heteroatoms. The molecular formula is C23H23N3O5S. The topological polar surface area (TPSA) is 121 Å². The van der Waals surface area contributed by atoms with Gasteiger partial charge in [0.25, 0.3) is 5.91 Å². The highest BCUT2D eigenvalue weighted by Crippen LogP contribution is 2.39. The number of anilines is 1. The number of phenols is 2. The fourth-order valence-electron chi connectivity index (χ4n) is 3.10. The molecule has 1 heterocycles. The third kappa shape index (κ3) is 4.94. The molecule has 0 aliphatic rings. The van der Waals surface area contributed by atoms with Gasteiger partial charge in [0, 0.05) is 16.6 Å². The molecular weight excluding hydrogens is 430 g/mol. The first-order valence-electron chi connectivity index (χ1n) is 9.84. The second-order valence-corrected chi connectivity index (χ2v) is 8.28. The van der Waals surface area contributed by atoms with Crippen LogP contribution < -0.4 is 5.32 Å². The Balaban J connectivity index is 2.02. The van der Waals surface area contributed by atoms with E-state index in [9.17, 15) is 19.8 Å². The van der Waals surface area contributed by atoms with Crippen molar-refractivity contribution in [3.8, 4) is 11.5 Å². The molecule has 0 spiro atoms. The monoisotopic (exact) mass is 453 g/mol. The van der Waals surface area contributed by atoms with Crippen molar-refractivity contribution in [2.75, 3.05) is 11.9 Å². The van der Waals surface area contributed by atoms with Crippen molar-refractivity contribution in [3.05, 3.63) is 63.5 Å². The van der Waals surface area contributed by atoms with Gasteiger partial charge < -0.3 is 20.3 Å². The lowest BCUT2D eigenvalue weighted by molar-refractivity contribution is 0.0525. The standard InChI is InChI=1S/C23H23N3O5S/c1-5-31-23(30)20-19(21(29)24-16-8-6-12(2)10-13(16)3)14(4)32-22(20)26-25-17-9-7-15(27)11-18(17)28/h6-11,27-28H,5H2,1-4H3,(H,24,29). The van der Waals surface area contributed by atoms with Gasteiger partial charge in [0.1, 0.15) is 22.7 Å². The molecule has 0 unspecified atom stereocenters.